The predicted molar refractivity (Wildman–Crippen MR) is 137 cm³/mol. The molecule has 0 radical (unpaired) electrons. The average Bonchev–Trinajstić information content (AvgIpc) is 3.28. The molecule has 1 aliphatic rings. The number of aromatic nitrogens is 3. The molecule has 0 unspecified atom stereocenters. The van der Waals surface area contributed by atoms with Crippen LogP contribution in [0.4, 0.5) is 21.9 Å². The van der Waals surface area contributed by atoms with Gasteiger partial charge in [-0.25, -0.2) is 14.3 Å². The highest BCUT2D eigenvalue weighted by molar-refractivity contribution is 6.30. The Morgan fingerprint density at radius 1 is 1.03 bits per heavy atom. The van der Waals surface area contributed by atoms with Gasteiger partial charge in [0.25, 0.3) is 0 Å². The molecule has 3 N–H and O–H groups in total. The number of hydrogen-bond acceptors (Lipinski definition) is 5. The van der Waals surface area contributed by atoms with E-state index in [4.69, 9.17) is 11.6 Å². The maximum atomic E-state index is 12.8. The first kappa shape index (κ1) is 22.2. The minimum Gasteiger partial charge on any atom is -0.370 e. The largest absolute Gasteiger partial charge is 0.370 e. The van der Waals surface area contributed by atoms with Crippen molar-refractivity contribution >= 4 is 40.3 Å². The van der Waals surface area contributed by atoms with Gasteiger partial charge in [-0.05, 0) is 49.7 Å². The molecule has 0 bridgehead atoms. The van der Waals surface area contributed by atoms with Crippen LogP contribution >= 0.6 is 11.6 Å². The van der Waals surface area contributed by atoms with Gasteiger partial charge >= 0.3 is 6.03 Å². The molecule has 0 atom stereocenters. The first-order valence-corrected chi connectivity index (χ1v) is 11.7. The normalized spacial score (nSPS) is 14.4. The number of nitrogens with zero attached hydrogens (tertiary/aromatic N) is 4. The standard InChI is InChI=1S/C25H26ClN7O/c1-27-19-10-12-32(13-11-19)23-5-3-2-4-22(23)31-25(34)30-20-14-28-24-21(15-29-33(24)16-20)17-6-8-18(26)9-7-17/h2-9,14-16,19,27H,10-13H2,1H3,(H2,30,31,34). The molecule has 0 spiro atoms. The number of nitrogens with one attached hydrogen (secondary N) is 3. The summed E-state index contributed by atoms with van der Waals surface area (Å²) in [5.41, 5.74) is 4.91. The number of carbonyl (C=O) groups excluding carboxylic acids is 1. The van der Waals surface area contributed by atoms with E-state index >= 15 is 0 Å². The Kier molecular flexibility index (Phi) is 6.33. The molecular formula is C25H26ClN7O. The lowest BCUT2D eigenvalue weighted by molar-refractivity contribution is 0.262. The van der Waals surface area contributed by atoms with Crippen molar-refractivity contribution in [3.05, 3.63) is 72.1 Å². The SMILES string of the molecule is CNC1CCN(c2ccccc2NC(=O)Nc2cnc3c(-c4ccc(Cl)cc4)cnn3c2)CC1. The molecule has 1 saturated heterocycles. The molecule has 1 aliphatic heterocycles. The second kappa shape index (κ2) is 9.70. The van der Waals surface area contributed by atoms with Crippen molar-refractivity contribution in [2.45, 2.75) is 18.9 Å². The summed E-state index contributed by atoms with van der Waals surface area (Å²) in [6.45, 7) is 1.89. The number of halogens is 1. The van der Waals surface area contributed by atoms with Crippen molar-refractivity contribution in [1.29, 1.82) is 0 Å². The number of carbonyl (C=O) groups is 1. The molecule has 8 nitrogen and oxygen atoms in total. The van der Waals surface area contributed by atoms with Crippen LogP contribution < -0.4 is 20.9 Å². The monoisotopic (exact) mass is 475 g/mol. The second-order valence-electron chi connectivity index (χ2n) is 8.32. The molecule has 174 valence electrons. The summed E-state index contributed by atoms with van der Waals surface area (Å²) < 4.78 is 1.65. The summed E-state index contributed by atoms with van der Waals surface area (Å²) in [5.74, 6) is 0. The van der Waals surface area contributed by atoms with Gasteiger partial charge in [0, 0.05) is 29.7 Å². The van der Waals surface area contributed by atoms with E-state index in [0.717, 1.165) is 48.4 Å². The van der Waals surface area contributed by atoms with Crippen LogP contribution in [-0.2, 0) is 0 Å². The molecule has 2 aromatic carbocycles. The number of anilines is 3. The number of piperidine rings is 1. The Bertz CT molecular complexity index is 1300. The summed E-state index contributed by atoms with van der Waals surface area (Å²) >= 11 is 6.00. The Morgan fingerprint density at radius 3 is 2.56 bits per heavy atom. The van der Waals surface area contributed by atoms with Crippen LogP contribution in [0, 0.1) is 0 Å². The zero-order valence-electron chi connectivity index (χ0n) is 18.8. The van der Waals surface area contributed by atoms with Crippen LogP contribution in [0.15, 0.2) is 67.1 Å². The summed E-state index contributed by atoms with van der Waals surface area (Å²) in [5, 5.41) is 14.3. The van der Waals surface area contributed by atoms with Crippen molar-refractivity contribution in [2.24, 2.45) is 0 Å². The number of urea groups is 1. The van der Waals surface area contributed by atoms with Crippen molar-refractivity contribution < 1.29 is 4.79 Å². The minimum atomic E-state index is -0.330. The Morgan fingerprint density at radius 2 is 1.79 bits per heavy atom. The number of amides is 2. The highest BCUT2D eigenvalue weighted by Crippen LogP contribution is 2.29. The van der Waals surface area contributed by atoms with Crippen molar-refractivity contribution in [1.82, 2.24) is 19.9 Å². The predicted octanol–water partition coefficient (Wildman–Crippen LogP) is 4.88. The maximum Gasteiger partial charge on any atom is 0.323 e. The number of benzene rings is 2. The van der Waals surface area contributed by atoms with Gasteiger partial charge in [-0.15, -0.1) is 0 Å². The van der Waals surface area contributed by atoms with E-state index < -0.39 is 0 Å². The third-order valence-electron chi connectivity index (χ3n) is 6.17. The van der Waals surface area contributed by atoms with E-state index in [1.54, 1.807) is 23.1 Å². The summed E-state index contributed by atoms with van der Waals surface area (Å²) in [4.78, 5) is 19.6. The smallest absolute Gasteiger partial charge is 0.323 e. The molecule has 34 heavy (non-hydrogen) atoms. The summed E-state index contributed by atoms with van der Waals surface area (Å²) in [7, 11) is 2.01. The van der Waals surface area contributed by atoms with Crippen LogP contribution in [0.3, 0.4) is 0 Å². The molecule has 5 rings (SSSR count). The first-order valence-electron chi connectivity index (χ1n) is 11.3. The number of hydrogen-bond donors (Lipinski definition) is 3. The van der Waals surface area contributed by atoms with Crippen molar-refractivity contribution in [3.8, 4) is 11.1 Å². The summed E-state index contributed by atoms with van der Waals surface area (Å²) in [6.07, 6.45) is 7.28. The summed E-state index contributed by atoms with van der Waals surface area (Å²) in [6, 6.07) is 15.6. The van der Waals surface area contributed by atoms with Gasteiger partial charge in [0.1, 0.15) is 0 Å². The molecule has 2 amide bonds. The Labute approximate surface area is 202 Å². The zero-order chi connectivity index (χ0) is 23.5. The van der Waals surface area contributed by atoms with Gasteiger partial charge < -0.3 is 20.9 Å². The van der Waals surface area contributed by atoms with Crippen LogP contribution in [0.25, 0.3) is 16.8 Å². The third-order valence-corrected chi connectivity index (χ3v) is 6.42. The first-order chi connectivity index (χ1) is 16.6. The molecule has 2 aromatic heterocycles. The van der Waals surface area contributed by atoms with Crippen molar-refractivity contribution in [3.63, 3.8) is 0 Å². The van der Waals surface area contributed by atoms with Gasteiger partial charge in [0.2, 0.25) is 0 Å². The maximum absolute atomic E-state index is 12.8. The Hall–Kier alpha value is -3.62. The van der Waals surface area contributed by atoms with Gasteiger partial charge in [0.15, 0.2) is 5.65 Å². The average molecular weight is 476 g/mol. The zero-order valence-corrected chi connectivity index (χ0v) is 19.6. The van der Waals surface area contributed by atoms with E-state index in [9.17, 15) is 4.79 Å². The van der Waals surface area contributed by atoms with Gasteiger partial charge in [-0.3, -0.25) is 0 Å². The molecule has 3 heterocycles. The van der Waals surface area contributed by atoms with Crippen molar-refractivity contribution in [2.75, 3.05) is 35.7 Å². The number of fused-ring (bicyclic) bond motifs is 1. The van der Waals surface area contributed by atoms with E-state index in [0.29, 0.717) is 22.4 Å². The lowest BCUT2D eigenvalue weighted by Gasteiger charge is -2.34. The van der Waals surface area contributed by atoms with E-state index in [2.05, 4.69) is 30.9 Å². The topological polar surface area (TPSA) is 86.6 Å². The van der Waals surface area contributed by atoms with Gasteiger partial charge in [-0.2, -0.15) is 5.10 Å². The molecule has 1 fully saturated rings. The number of rotatable bonds is 5. The van der Waals surface area contributed by atoms with E-state index in [1.807, 2.05) is 55.6 Å². The molecular weight excluding hydrogens is 450 g/mol. The quantitative estimate of drug-likeness (QED) is 0.383. The fourth-order valence-electron chi connectivity index (χ4n) is 4.32. The van der Waals surface area contributed by atoms with E-state index in [-0.39, 0.29) is 6.03 Å². The molecule has 0 aliphatic carbocycles. The van der Waals surface area contributed by atoms with Crippen LogP contribution in [0.1, 0.15) is 12.8 Å². The fraction of sp³-hybridized carbons (Fsp3) is 0.240. The molecule has 4 aromatic rings. The van der Waals surface area contributed by atoms with E-state index in [1.165, 1.54) is 0 Å². The third kappa shape index (κ3) is 4.69. The second-order valence-corrected chi connectivity index (χ2v) is 8.76. The van der Waals surface area contributed by atoms with Crippen LogP contribution in [-0.4, -0.2) is 46.8 Å². The van der Waals surface area contributed by atoms with Crippen LogP contribution in [0.2, 0.25) is 5.02 Å². The van der Waals surface area contributed by atoms with Gasteiger partial charge in [-0.1, -0.05) is 35.9 Å². The molecule has 9 heteroatoms. The lowest BCUT2D eigenvalue weighted by Crippen LogP contribution is -2.41. The van der Waals surface area contributed by atoms with Crippen LogP contribution in [0.5, 0.6) is 0 Å². The minimum absolute atomic E-state index is 0.330. The Balaban J connectivity index is 1.29. The molecule has 0 saturated carbocycles. The highest BCUT2D eigenvalue weighted by atomic mass is 35.5. The highest BCUT2D eigenvalue weighted by Gasteiger charge is 2.20. The number of para-hydroxylation sites is 2. The lowest BCUT2D eigenvalue weighted by atomic mass is 10.0. The van der Waals surface area contributed by atoms with Gasteiger partial charge in [0.05, 0.1) is 35.7 Å². The fourth-order valence-corrected chi connectivity index (χ4v) is 4.45.